The summed E-state index contributed by atoms with van der Waals surface area (Å²) in [6.07, 6.45) is 1.68. The predicted molar refractivity (Wildman–Crippen MR) is 173 cm³/mol. The third-order valence-corrected chi connectivity index (χ3v) is 9.70. The maximum atomic E-state index is 13.1. The van der Waals surface area contributed by atoms with Crippen molar-refractivity contribution in [2.45, 2.75) is 26.6 Å². The molecule has 4 aromatic rings. The van der Waals surface area contributed by atoms with Crippen molar-refractivity contribution in [2.75, 3.05) is 36.9 Å². The summed E-state index contributed by atoms with van der Waals surface area (Å²) in [5.41, 5.74) is 4.38. The molecule has 0 saturated carbocycles. The summed E-state index contributed by atoms with van der Waals surface area (Å²) < 4.78 is 6.81. The Kier molecular flexibility index (Phi) is 8.61. The molecule has 2 heterocycles. The minimum Gasteiger partial charge on any atom is -0.378 e. The summed E-state index contributed by atoms with van der Waals surface area (Å²) in [4.78, 5) is 45.3. The minimum atomic E-state index is -1.46. The fourth-order valence-corrected chi connectivity index (χ4v) is 6.13. The molecular formula is C33H37N5O4Si. The van der Waals surface area contributed by atoms with Crippen molar-refractivity contribution in [1.82, 2.24) is 14.5 Å². The molecule has 0 aliphatic carbocycles. The molecule has 0 unspecified atom stereocenters. The zero-order valence-corrected chi connectivity index (χ0v) is 26.2. The first-order valence-corrected chi connectivity index (χ1v) is 17.8. The molecule has 0 radical (unpaired) electrons. The highest BCUT2D eigenvalue weighted by molar-refractivity contribution is 6.88. The second-order valence-corrected chi connectivity index (χ2v) is 16.8. The van der Waals surface area contributed by atoms with Crippen molar-refractivity contribution in [3.8, 4) is 11.3 Å². The van der Waals surface area contributed by atoms with Gasteiger partial charge < -0.3 is 24.8 Å². The number of rotatable bonds is 7. The first-order chi connectivity index (χ1) is 20.5. The number of hydrogen-bond acceptors (Lipinski definition) is 6. The lowest BCUT2D eigenvalue weighted by atomic mass is 10.0. The van der Waals surface area contributed by atoms with Gasteiger partial charge in [0.1, 0.15) is 0 Å². The van der Waals surface area contributed by atoms with Crippen molar-refractivity contribution in [3.63, 3.8) is 0 Å². The lowest BCUT2D eigenvalue weighted by Gasteiger charge is -2.26. The van der Waals surface area contributed by atoms with Crippen LogP contribution in [0.2, 0.25) is 19.6 Å². The number of aryl methyl sites for hydroxylation is 1. The number of benzene rings is 3. The van der Waals surface area contributed by atoms with Gasteiger partial charge in [-0.1, -0.05) is 49.1 Å². The quantitative estimate of drug-likeness (QED) is 0.298. The number of aromatic nitrogens is 2. The van der Waals surface area contributed by atoms with Gasteiger partial charge in [-0.25, -0.2) is 4.98 Å². The van der Waals surface area contributed by atoms with Gasteiger partial charge in [0.15, 0.2) is 5.82 Å². The van der Waals surface area contributed by atoms with Crippen LogP contribution in [-0.2, 0) is 11.8 Å². The van der Waals surface area contributed by atoms with Gasteiger partial charge in [-0.3, -0.25) is 14.4 Å². The van der Waals surface area contributed by atoms with Crippen molar-refractivity contribution < 1.29 is 14.3 Å². The van der Waals surface area contributed by atoms with Gasteiger partial charge in [-0.05, 0) is 55.0 Å². The SMILES string of the molecule is Cc1c(NC(=O)c2ccc([Si](C)(C)C)cc2)cccc1-c1cn(C)c(=O)c(Nc2ccc(C(=O)N3CCOCC3)cc2)n1. The van der Waals surface area contributed by atoms with Gasteiger partial charge in [-0.2, -0.15) is 0 Å². The molecule has 1 fully saturated rings. The Morgan fingerprint density at radius 3 is 2.21 bits per heavy atom. The number of hydrogen-bond donors (Lipinski definition) is 2. The van der Waals surface area contributed by atoms with E-state index in [1.807, 2.05) is 49.4 Å². The van der Waals surface area contributed by atoms with E-state index in [0.717, 1.165) is 11.1 Å². The van der Waals surface area contributed by atoms with Crippen molar-refractivity contribution in [3.05, 3.63) is 100.0 Å². The van der Waals surface area contributed by atoms with E-state index in [2.05, 4.69) is 35.3 Å². The Labute approximate surface area is 252 Å². The largest absolute Gasteiger partial charge is 0.378 e. The van der Waals surface area contributed by atoms with E-state index in [-0.39, 0.29) is 23.2 Å². The number of anilines is 3. The molecule has 1 aliphatic heterocycles. The van der Waals surface area contributed by atoms with Gasteiger partial charge in [0.2, 0.25) is 0 Å². The lowest BCUT2D eigenvalue weighted by Crippen LogP contribution is -2.40. The topological polar surface area (TPSA) is 106 Å². The van der Waals surface area contributed by atoms with E-state index in [4.69, 9.17) is 4.74 Å². The summed E-state index contributed by atoms with van der Waals surface area (Å²) in [5, 5.41) is 7.45. The average molecular weight is 596 g/mol. The molecular weight excluding hydrogens is 558 g/mol. The summed E-state index contributed by atoms with van der Waals surface area (Å²) in [6, 6.07) is 20.5. The van der Waals surface area contributed by atoms with Gasteiger partial charge in [0.05, 0.1) is 27.0 Å². The molecule has 0 bridgehead atoms. The summed E-state index contributed by atoms with van der Waals surface area (Å²) in [6.45, 7) is 11.0. The minimum absolute atomic E-state index is 0.0445. The zero-order chi connectivity index (χ0) is 30.7. The number of carbonyl (C=O) groups excluding carboxylic acids is 2. The Bertz CT molecular complexity index is 1700. The molecule has 222 valence electrons. The second-order valence-electron chi connectivity index (χ2n) is 11.8. The highest BCUT2D eigenvalue weighted by Crippen LogP contribution is 2.28. The standard InChI is InChI=1S/C33H37N5O4Si/c1-22-27(7-6-8-28(22)36-31(39)23-11-15-26(16-12-23)43(3,4)5)29-21-37(2)33(41)30(35-29)34-25-13-9-24(10-14-25)32(40)38-17-19-42-20-18-38/h6-16,21H,17-20H2,1-5H3,(H,34,35)(H,36,39). The molecule has 9 nitrogen and oxygen atoms in total. The number of amides is 2. The first kappa shape index (κ1) is 29.9. The molecule has 1 aromatic heterocycles. The predicted octanol–water partition coefficient (Wildman–Crippen LogP) is 4.77. The third-order valence-electron chi connectivity index (χ3n) is 7.64. The van der Waals surface area contributed by atoms with Crippen LogP contribution in [0.5, 0.6) is 0 Å². The Morgan fingerprint density at radius 2 is 1.56 bits per heavy atom. The third kappa shape index (κ3) is 6.76. The molecule has 2 N–H and O–H groups in total. The first-order valence-electron chi connectivity index (χ1n) is 14.3. The Morgan fingerprint density at radius 1 is 0.907 bits per heavy atom. The van der Waals surface area contributed by atoms with Crippen molar-refractivity contribution >= 4 is 42.3 Å². The van der Waals surface area contributed by atoms with E-state index in [0.29, 0.717) is 54.5 Å². The van der Waals surface area contributed by atoms with Crippen LogP contribution in [0, 0.1) is 6.92 Å². The number of carbonyl (C=O) groups is 2. The molecule has 10 heteroatoms. The molecule has 0 atom stereocenters. The molecule has 2 amide bonds. The van der Waals surface area contributed by atoms with Crippen LogP contribution in [0.1, 0.15) is 26.3 Å². The normalized spacial score (nSPS) is 13.5. The Balaban J connectivity index is 1.35. The van der Waals surface area contributed by atoms with E-state index in [1.165, 1.54) is 9.75 Å². The van der Waals surface area contributed by atoms with Crippen LogP contribution in [0.4, 0.5) is 17.2 Å². The fourth-order valence-electron chi connectivity index (χ4n) is 4.96. The molecule has 1 aliphatic rings. The highest BCUT2D eigenvalue weighted by atomic mass is 28.3. The van der Waals surface area contributed by atoms with Gasteiger partial charge in [0, 0.05) is 54.4 Å². The van der Waals surface area contributed by atoms with Crippen LogP contribution in [0.3, 0.4) is 0 Å². The average Bonchev–Trinajstić information content (AvgIpc) is 3.00. The van der Waals surface area contributed by atoms with E-state index in [1.54, 1.807) is 42.4 Å². The van der Waals surface area contributed by atoms with E-state index < -0.39 is 8.07 Å². The molecule has 3 aromatic carbocycles. The van der Waals surface area contributed by atoms with Crippen LogP contribution in [0.15, 0.2) is 77.7 Å². The monoisotopic (exact) mass is 595 g/mol. The van der Waals surface area contributed by atoms with Gasteiger partial charge in [-0.15, -0.1) is 0 Å². The summed E-state index contributed by atoms with van der Waals surface area (Å²) in [7, 11) is 0.216. The van der Waals surface area contributed by atoms with Gasteiger partial charge in [0.25, 0.3) is 17.4 Å². The van der Waals surface area contributed by atoms with E-state index in [9.17, 15) is 14.4 Å². The van der Waals surface area contributed by atoms with Gasteiger partial charge >= 0.3 is 0 Å². The lowest BCUT2D eigenvalue weighted by molar-refractivity contribution is 0.0303. The maximum Gasteiger partial charge on any atom is 0.293 e. The van der Waals surface area contributed by atoms with Crippen molar-refractivity contribution in [1.29, 1.82) is 0 Å². The number of ether oxygens (including phenoxy) is 1. The fraction of sp³-hybridized carbons (Fsp3) is 0.273. The number of morpholine rings is 1. The molecule has 0 spiro atoms. The van der Waals surface area contributed by atoms with Crippen LogP contribution in [-0.4, -0.2) is 60.6 Å². The molecule has 1 saturated heterocycles. The van der Waals surface area contributed by atoms with Crippen LogP contribution in [0.25, 0.3) is 11.3 Å². The van der Waals surface area contributed by atoms with Crippen molar-refractivity contribution in [2.24, 2.45) is 7.05 Å². The number of nitrogens with one attached hydrogen (secondary N) is 2. The summed E-state index contributed by atoms with van der Waals surface area (Å²) >= 11 is 0. The molecule has 5 rings (SSSR count). The molecule has 43 heavy (non-hydrogen) atoms. The number of nitrogens with zero attached hydrogens (tertiary/aromatic N) is 3. The van der Waals surface area contributed by atoms with Crippen LogP contribution >= 0.6 is 0 Å². The second kappa shape index (κ2) is 12.4. The van der Waals surface area contributed by atoms with Crippen LogP contribution < -0.4 is 21.4 Å². The smallest absolute Gasteiger partial charge is 0.293 e. The zero-order valence-electron chi connectivity index (χ0n) is 25.2. The maximum absolute atomic E-state index is 13.1. The highest BCUT2D eigenvalue weighted by Gasteiger charge is 2.20. The van der Waals surface area contributed by atoms with E-state index >= 15 is 0 Å². The summed E-state index contributed by atoms with van der Waals surface area (Å²) in [5.74, 6) is -0.0748. The Hall–Kier alpha value is -4.54.